The Bertz CT molecular complexity index is 344. The molecule has 0 saturated carbocycles. The molecule has 0 aliphatic rings. The van der Waals surface area contributed by atoms with E-state index in [-0.39, 0.29) is 0 Å². The quantitative estimate of drug-likeness (QED) is 0.582. The second-order valence-corrected chi connectivity index (χ2v) is 6.21. The van der Waals surface area contributed by atoms with Crippen molar-refractivity contribution in [3.63, 3.8) is 0 Å². The first-order chi connectivity index (χ1) is 9.72. The van der Waals surface area contributed by atoms with Gasteiger partial charge in [-0.15, -0.1) is 11.3 Å². The Balaban J connectivity index is 1.91. The lowest BCUT2D eigenvalue weighted by atomic mass is 10.3. The third-order valence-electron chi connectivity index (χ3n) is 2.80. The number of aliphatic hydroxyl groups excluding tert-OH is 1. The summed E-state index contributed by atoms with van der Waals surface area (Å²) in [7, 11) is 0. The van der Waals surface area contributed by atoms with E-state index in [1.165, 1.54) is 9.75 Å². The highest BCUT2D eigenvalue weighted by atomic mass is 32.1. The third-order valence-corrected chi connectivity index (χ3v) is 3.80. The van der Waals surface area contributed by atoms with Crippen molar-refractivity contribution in [1.82, 2.24) is 5.32 Å². The Morgan fingerprint density at radius 1 is 1.25 bits per heavy atom. The van der Waals surface area contributed by atoms with Crippen LogP contribution in [0.3, 0.4) is 0 Å². The standard InChI is InChI=1S/C15H27NO3S/c1-3-4-7-18-8-9-19-12-14(17)10-16-11-15-6-5-13(2)20-15/h5-6,14,16-17H,3-4,7-12H2,1-2H3. The van der Waals surface area contributed by atoms with Gasteiger partial charge in [0, 0.05) is 29.5 Å². The van der Waals surface area contributed by atoms with Crippen molar-refractivity contribution in [2.45, 2.75) is 39.3 Å². The summed E-state index contributed by atoms with van der Waals surface area (Å²) in [5.41, 5.74) is 0. The molecule has 0 spiro atoms. The molecule has 0 aromatic carbocycles. The summed E-state index contributed by atoms with van der Waals surface area (Å²) in [4.78, 5) is 2.61. The van der Waals surface area contributed by atoms with Gasteiger partial charge in [-0.25, -0.2) is 0 Å². The zero-order valence-electron chi connectivity index (χ0n) is 12.6. The number of ether oxygens (including phenoxy) is 2. The number of rotatable bonds is 12. The highest BCUT2D eigenvalue weighted by Crippen LogP contribution is 2.14. The lowest BCUT2D eigenvalue weighted by Crippen LogP contribution is -2.30. The molecule has 1 aromatic heterocycles. The van der Waals surface area contributed by atoms with Crippen LogP contribution in [-0.2, 0) is 16.0 Å². The second-order valence-electron chi connectivity index (χ2n) is 4.84. The van der Waals surface area contributed by atoms with Gasteiger partial charge in [-0.3, -0.25) is 0 Å². The van der Waals surface area contributed by atoms with Gasteiger partial charge in [0.1, 0.15) is 0 Å². The fraction of sp³-hybridized carbons (Fsp3) is 0.733. The molecule has 0 fully saturated rings. The normalized spacial score (nSPS) is 12.8. The van der Waals surface area contributed by atoms with Crippen LogP contribution in [0, 0.1) is 6.92 Å². The SMILES string of the molecule is CCCCOCCOCC(O)CNCc1ccc(C)s1. The third kappa shape index (κ3) is 8.66. The highest BCUT2D eigenvalue weighted by Gasteiger charge is 2.04. The number of thiophene rings is 1. The predicted molar refractivity (Wildman–Crippen MR) is 83.3 cm³/mol. The van der Waals surface area contributed by atoms with Crippen LogP contribution in [-0.4, -0.2) is 44.2 Å². The maximum atomic E-state index is 9.75. The zero-order chi connectivity index (χ0) is 14.6. The lowest BCUT2D eigenvalue weighted by molar-refractivity contribution is 0.00386. The molecule has 1 heterocycles. The van der Waals surface area contributed by atoms with Crippen molar-refractivity contribution in [3.8, 4) is 0 Å². The van der Waals surface area contributed by atoms with Crippen LogP contribution >= 0.6 is 11.3 Å². The Labute approximate surface area is 126 Å². The van der Waals surface area contributed by atoms with Gasteiger partial charge in [0.15, 0.2) is 0 Å². The van der Waals surface area contributed by atoms with Gasteiger partial charge in [-0.2, -0.15) is 0 Å². The molecule has 1 atom stereocenters. The van der Waals surface area contributed by atoms with Crippen LogP contribution in [0.15, 0.2) is 12.1 Å². The van der Waals surface area contributed by atoms with Gasteiger partial charge >= 0.3 is 0 Å². The van der Waals surface area contributed by atoms with Crippen molar-refractivity contribution in [2.24, 2.45) is 0 Å². The van der Waals surface area contributed by atoms with E-state index in [0.29, 0.717) is 26.4 Å². The molecule has 0 radical (unpaired) electrons. The fourth-order valence-corrected chi connectivity index (χ4v) is 2.55. The van der Waals surface area contributed by atoms with E-state index in [1.54, 1.807) is 11.3 Å². The van der Waals surface area contributed by atoms with Crippen molar-refractivity contribution >= 4 is 11.3 Å². The second kappa shape index (κ2) is 11.2. The van der Waals surface area contributed by atoms with Gasteiger partial charge in [-0.1, -0.05) is 13.3 Å². The lowest BCUT2D eigenvalue weighted by Gasteiger charge is -2.12. The molecule has 0 saturated heterocycles. The van der Waals surface area contributed by atoms with Crippen LogP contribution in [0.25, 0.3) is 0 Å². The molecule has 2 N–H and O–H groups in total. The molecule has 20 heavy (non-hydrogen) atoms. The molecule has 116 valence electrons. The summed E-state index contributed by atoms with van der Waals surface area (Å²) < 4.78 is 10.7. The number of hydrogen-bond donors (Lipinski definition) is 2. The van der Waals surface area contributed by atoms with Crippen LogP contribution < -0.4 is 5.32 Å². The largest absolute Gasteiger partial charge is 0.389 e. The predicted octanol–water partition coefficient (Wildman–Crippen LogP) is 2.34. The number of nitrogens with one attached hydrogen (secondary N) is 1. The number of aryl methyl sites for hydroxylation is 1. The van der Waals surface area contributed by atoms with Crippen LogP contribution in [0.4, 0.5) is 0 Å². The minimum Gasteiger partial charge on any atom is -0.389 e. The van der Waals surface area contributed by atoms with Gasteiger partial charge in [-0.05, 0) is 25.5 Å². The minimum atomic E-state index is -0.466. The highest BCUT2D eigenvalue weighted by molar-refractivity contribution is 7.11. The maximum Gasteiger partial charge on any atom is 0.0897 e. The van der Waals surface area contributed by atoms with E-state index in [2.05, 4.69) is 31.3 Å². The molecule has 0 aliphatic carbocycles. The first-order valence-corrected chi connectivity index (χ1v) is 8.13. The molecular weight excluding hydrogens is 274 g/mol. The fourth-order valence-electron chi connectivity index (χ4n) is 1.69. The molecule has 1 rings (SSSR count). The first kappa shape index (κ1) is 17.6. The van der Waals surface area contributed by atoms with Crippen molar-refractivity contribution in [3.05, 3.63) is 21.9 Å². The summed E-state index contributed by atoms with van der Waals surface area (Å²) in [5, 5.41) is 13.0. The number of aliphatic hydroxyl groups is 1. The zero-order valence-corrected chi connectivity index (χ0v) is 13.4. The van der Waals surface area contributed by atoms with E-state index in [1.807, 2.05) is 0 Å². The first-order valence-electron chi connectivity index (χ1n) is 7.32. The summed E-state index contributed by atoms with van der Waals surface area (Å²) >= 11 is 1.78. The van der Waals surface area contributed by atoms with Crippen molar-refractivity contribution in [1.29, 1.82) is 0 Å². The Kier molecular flexibility index (Phi) is 9.87. The van der Waals surface area contributed by atoms with Crippen molar-refractivity contribution < 1.29 is 14.6 Å². The smallest absolute Gasteiger partial charge is 0.0897 e. The van der Waals surface area contributed by atoms with E-state index < -0.39 is 6.10 Å². The number of hydrogen-bond acceptors (Lipinski definition) is 5. The van der Waals surface area contributed by atoms with E-state index in [4.69, 9.17) is 9.47 Å². The molecule has 4 nitrogen and oxygen atoms in total. The summed E-state index contributed by atoms with van der Waals surface area (Å²) in [5.74, 6) is 0. The average Bonchev–Trinajstić information content (AvgIpc) is 2.83. The molecule has 5 heteroatoms. The molecule has 1 aromatic rings. The maximum absolute atomic E-state index is 9.75. The molecule has 1 unspecified atom stereocenters. The topological polar surface area (TPSA) is 50.7 Å². The van der Waals surface area contributed by atoms with E-state index >= 15 is 0 Å². The molecule has 0 aliphatic heterocycles. The van der Waals surface area contributed by atoms with E-state index in [0.717, 1.165) is 26.0 Å². The minimum absolute atomic E-state index is 0.355. The summed E-state index contributed by atoms with van der Waals surface area (Å²) in [6.07, 6.45) is 1.77. The van der Waals surface area contributed by atoms with Crippen LogP contribution in [0.2, 0.25) is 0 Å². The van der Waals surface area contributed by atoms with Gasteiger partial charge in [0.2, 0.25) is 0 Å². The Morgan fingerprint density at radius 2 is 2.05 bits per heavy atom. The number of unbranched alkanes of at least 4 members (excludes halogenated alkanes) is 1. The van der Waals surface area contributed by atoms with Gasteiger partial charge in [0.05, 0.1) is 25.9 Å². The molecular formula is C15H27NO3S. The van der Waals surface area contributed by atoms with Gasteiger partial charge < -0.3 is 19.9 Å². The monoisotopic (exact) mass is 301 g/mol. The summed E-state index contributed by atoms with van der Waals surface area (Å²) in [6, 6.07) is 4.23. The van der Waals surface area contributed by atoms with Crippen LogP contribution in [0.1, 0.15) is 29.5 Å². The summed E-state index contributed by atoms with van der Waals surface area (Å²) in [6.45, 7) is 7.89. The van der Waals surface area contributed by atoms with Crippen molar-refractivity contribution in [2.75, 3.05) is 33.0 Å². The Hall–Kier alpha value is -0.460. The van der Waals surface area contributed by atoms with Gasteiger partial charge in [0.25, 0.3) is 0 Å². The Morgan fingerprint density at radius 3 is 2.75 bits per heavy atom. The van der Waals surface area contributed by atoms with E-state index in [9.17, 15) is 5.11 Å². The van der Waals surface area contributed by atoms with Crippen LogP contribution in [0.5, 0.6) is 0 Å². The average molecular weight is 301 g/mol. The molecule has 0 amide bonds. The molecule has 0 bridgehead atoms.